The van der Waals surface area contributed by atoms with Crippen LogP contribution < -0.4 is 5.32 Å². The Balaban J connectivity index is 2.51. The first-order valence-electron chi connectivity index (χ1n) is 6.68. The van der Waals surface area contributed by atoms with Crippen molar-refractivity contribution in [2.75, 3.05) is 11.9 Å². The van der Waals surface area contributed by atoms with Gasteiger partial charge in [-0.1, -0.05) is 6.92 Å². The number of anilines is 1. The average molecular weight is 299 g/mol. The molecule has 0 saturated carbocycles. The zero-order valence-corrected chi connectivity index (χ0v) is 11.8. The molecule has 0 saturated heterocycles. The van der Waals surface area contributed by atoms with Gasteiger partial charge in [-0.05, 0) is 25.5 Å². The summed E-state index contributed by atoms with van der Waals surface area (Å²) in [5, 5.41) is 6.83. The van der Waals surface area contributed by atoms with Gasteiger partial charge >= 0.3 is 6.18 Å². The van der Waals surface area contributed by atoms with Gasteiger partial charge < -0.3 is 5.32 Å². The van der Waals surface area contributed by atoms with Gasteiger partial charge in [-0.3, -0.25) is 4.68 Å². The summed E-state index contributed by atoms with van der Waals surface area (Å²) in [6.07, 6.45) is -2.14. The summed E-state index contributed by atoms with van der Waals surface area (Å²) >= 11 is 0. The first kappa shape index (κ1) is 15.3. The number of aromatic nitrogens is 4. The summed E-state index contributed by atoms with van der Waals surface area (Å²) in [4.78, 5) is 7.64. The van der Waals surface area contributed by atoms with Gasteiger partial charge in [0.05, 0.1) is 11.4 Å². The number of aryl methyl sites for hydroxylation is 1. The van der Waals surface area contributed by atoms with Crippen molar-refractivity contribution in [3.63, 3.8) is 0 Å². The molecule has 0 unspecified atom stereocenters. The Labute approximate surface area is 120 Å². The van der Waals surface area contributed by atoms with Crippen molar-refractivity contribution in [3.8, 4) is 11.4 Å². The molecule has 2 rings (SSSR count). The highest BCUT2D eigenvalue weighted by Crippen LogP contribution is 2.31. The van der Waals surface area contributed by atoms with Crippen LogP contribution in [0.3, 0.4) is 0 Å². The van der Waals surface area contributed by atoms with E-state index in [1.54, 1.807) is 23.9 Å². The number of hydrogen-bond acceptors (Lipinski definition) is 4. The maximum Gasteiger partial charge on any atom is 0.433 e. The third kappa shape index (κ3) is 3.50. The normalized spacial score (nSPS) is 11.7. The zero-order chi connectivity index (χ0) is 15.5. The summed E-state index contributed by atoms with van der Waals surface area (Å²) in [5.74, 6) is -0.0356. The van der Waals surface area contributed by atoms with Gasteiger partial charge in [0.25, 0.3) is 0 Å². The molecule has 0 atom stereocenters. The molecule has 0 aliphatic heterocycles. The van der Waals surface area contributed by atoms with Crippen LogP contribution in [0.25, 0.3) is 11.4 Å². The van der Waals surface area contributed by atoms with Gasteiger partial charge in [0.1, 0.15) is 0 Å². The molecular weight excluding hydrogens is 283 g/mol. The van der Waals surface area contributed by atoms with Gasteiger partial charge in [-0.15, -0.1) is 0 Å². The van der Waals surface area contributed by atoms with E-state index in [1.165, 1.54) is 0 Å². The Morgan fingerprint density at radius 1 is 1.24 bits per heavy atom. The van der Waals surface area contributed by atoms with Crippen LogP contribution in [-0.2, 0) is 12.7 Å². The van der Waals surface area contributed by atoms with Gasteiger partial charge in [-0.2, -0.15) is 18.3 Å². The fourth-order valence-electron chi connectivity index (χ4n) is 1.90. The summed E-state index contributed by atoms with van der Waals surface area (Å²) in [5.41, 5.74) is -0.212. The van der Waals surface area contributed by atoms with Gasteiger partial charge in [0.15, 0.2) is 5.69 Å². The summed E-state index contributed by atoms with van der Waals surface area (Å²) < 4.78 is 40.5. The molecule has 0 spiro atoms. The Bertz CT molecular complexity index is 606. The third-order valence-corrected chi connectivity index (χ3v) is 2.77. The molecule has 2 heterocycles. The average Bonchev–Trinajstić information content (AvgIpc) is 2.86. The summed E-state index contributed by atoms with van der Waals surface area (Å²) in [7, 11) is 0. The molecule has 21 heavy (non-hydrogen) atoms. The second-order valence-corrected chi connectivity index (χ2v) is 4.43. The lowest BCUT2D eigenvalue weighted by atomic mass is 10.2. The molecule has 0 amide bonds. The minimum Gasteiger partial charge on any atom is -0.354 e. The van der Waals surface area contributed by atoms with Crippen LogP contribution in [0.5, 0.6) is 0 Å². The third-order valence-electron chi connectivity index (χ3n) is 2.77. The zero-order valence-electron chi connectivity index (χ0n) is 11.8. The van der Waals surface area contributed by atoms with E-state index in [2.05, 4.69) is 20.4 Å². The first-order chi connectivity index (χ1) is 9.95. The predicted molar refractivity (Wildman–Crippen MR) is 72.7 cm³/mol. The predicted octanol–water partition coefficient (Wildman–Crippen LogP) is 3.20. The molecule has 114 valence electrons. The summed E-state index contributed by atoms with van der Waals surface area (Å²) in [6, 6.07) is 2.60. The quantitative estimate of drug-likeness (QED) is 0.921. The van der Waals surface area contributed by atoms with Crippen molar-refractivity contribution in [2.24, 2.45) is 0 Å². The Hall–Kier alpha value is -2.12. The molecule has 0 aliphatic carbocycles. The van der Waals surface area contributed by atoms with Crippen molar-refractivity contribution < 1.29 is 13.2 Å². The lowest BCUT2D eigenvalue weighted by molar-refractivity contribution is -0.141. The lowest BCUT2D eigenvalue weighted by Crippen LogP contribution is -2.13. The van der Waals surface area contributed by atoms with Gasteiger partial charge in [0, 0.05) is 19.3 Å². The fourth-order valence-corrected chi connectivity index (χ4v) is 1.90. The van der Waals surface area contributed by atoms with Crippen LogP contribution in [0.4, 0.5) is 19.1 Å². The number of alkyl halides is 3. The van der Waals surface area contributed by atoms with E-state index in [0.717, 1.165) is 12.5 Å². The highest BCUT2D eigenvalue weighted by molar-refractivity contribution is 5.57. The first-order valence-corrected chi connectivity index (χ1v) is 6.68. The molecule has 1 N–H and O–H groups in total. The van der Waals surface area contributed by atoms with Crippen molar-refractivity contribution in [2.45, 2.75) is 33.0 Å². The fraction of sp³-hybridized carbons (Fsp3) is 0.462. The topological polar surface area (TPSA) is 55.6 Å². The van der Waals surface area contributed by atoms with Crippen LogP contribution in [-0.4, -0.2) is 26.3 Å². The maximum absolute atomic E-state index is 12.9. The molecule has 2 aromatic rings. The van der Waals surface area contributed by atoms with E-state index in [-0.39, 0.29) is 11.6 Å². The molecule has 0 aliphatic rings. The van der Waals surface area contributed by atoms with Crippen molar-refractivity contribution >= 4 is 5.95 Å². The monoisotopic (exact) mass is 299 g/mol. The highest BCUT2D eigenvalue weighted by Gasteiger charge is 2.34. The minimum absolute atomic E-state index is 0.0356. The molecular formula is C13H16F3N5. The molecule has 0 bridgehead atoms. The van der Waals surface area contributed by atoms with E-state index >= 15 is 0 Å². The largest absolute Gasteiger partial charge is 0.433 e. The van der Waals surface area contributed by atoms with Gasteiger partial charge in [-0.25, -0.2) is 9.97 Å². The number of hydrogen-bond donors (Lipinski definition) is 1. The number of nitrogens with zero attached hydrogens (tertiary/aromatic N) is 4. The molecule has 5 nitrogen and oxygen atoms in total. The van der Waals surface area contributed by atoms with Crippen molar-refractivity contribution in [1.29, 1.82) is 0 Å². The molecule has 0 fully saturated rings. The van der Waals surface area contributed by atoms with Crippen LogP contribution in [0.1, 0.15) is 26.0 Å². The van der Waals surface area contributed by atoms with Crippen LogP contribution in [0, 0.1) is 0 Å². The second kappa shape index (κ2) is 6.11. The van der Waals surface area contributed by atoms with E-state index in [0.29, 0.717) is 18.8 Å². The van der Waals surface area contributed by atoms with E-state index in [1.807, 2.05) is 6.92 Å². The lowest BCUT2D eigenvalue weighted by Gasteiger charge is -2.12. The van der Waals surface area contributed by atoms with E-state index in [4.69, 9.17) is 0 Å². The maximum atomic E-state index is 12.9. The Morgan fingerprint density at radius 3 is 2.62 bits per heavy atom. The number of nitrogens with one attached hydrogen (secondary N) is 1. The van der Waals surface area contributed by atoms with Crippen molar-refractivity contribution in [3.05, 3.63) is 24.0 Å². The molecule has 0 aromatic carbocycles. The SMILES string of the molecule is CCCn1nccc1-c1cc(C(F)(F)F)nc(NCC)n1. The number of rotatable bonds is 5. The Kier molecular flexibility index (Phi) is 4.44. The van der Waals surface area contributed by atoms with Crippen molar-refractivity contribution in [1.82, 2.24) is 19.7 Å². The van der Waals surface area contributed by atoms with Crippen LogP contribution >= 0.6 is 0 Å². The summed E-state index contributed by atoms with van der Waals surface area (Å²) in [6.45, 7) is 4.79. The van der Waals surface area contributed by atoms with Crippen LogP contribution in [0.2, 0.25) is 0 Å². The second-order valence-electron chi connectivity index (χ2n) is 4.43. The van der Waals surface area contributed by atoms with Crippen LogP contribution in [0.15, 0.2) is 18.3 Å². The van der Waals surface area contributed by atoms with E-state index < -0.39 is 11.9 Å². The number of halogens is 3. The standard InChI is InChI=1S/C13H16F3N5/c1-3-7-21-10(5-6-18-21)9-8-11(13(14,15)16)20-12(19-9)17-4-2/h5-6,8H,3-4,7H2,1-2H3,(H,17,19,20). The highest BCUT2D eigenvalue weighted by atomic mass is 19.4. The van der Waals surface area contributed by atoms with E-state index in [9.17, 15) is 13.2 Å². The Morgan fingerprint density at radius 2 is 2.00 bits per heavy atom. The molecule has 8 heteroatoms. The minimum atomic E-state index is -4.52. The molecule has 2 aromatic heterocycles. The molecule has 0 radical (unpaired) electrons. The van der Waals surface area contributed by atoms with Gasteiger partial charge in [0.2, 0.25) is 5.95 Å². The smallest absolute Gasteiger partial charge is 0.354 e.